The normalized spacial score (nSPS) is 11.8. The Kier molecular flexibility index (Phi) is 3.92. The van der Waals surface area contributed by atoms with Crippen LogP contribution in [0.25, 0.3) is 0 Å². The molecule has 1 rings (SSSR count). The second kappa shape index (κ2) is 5.20. The molecule has 0 saturated carbocycles. The lowest BCUT2D eigenvalue weighted by molar-refractivity contribution is 0.0935. The largest absolute Gasteiger partial charge is 0.361 e. The SMILES string of the molecule is C#CC(CCC)NC(=O)c1cc(C)on1. The Bertz CT molecular complexity index is 376. The lowest BCUT2D eigenvalue weighted by atomic mass is 10.2. The fourth-order valence-corrected chi connectivity index (χ4v) is 1.19. The van der Waals surface area contributed by atoms with Gasteiger partial charge in [-0.25, -0.2) is 0 Å². The van der Waals surface area contributed by atoms with E-state index < -0.39 is 0 Å². The second-order valence-electron chi connectivity index (χ2n) is 3.30. The monoisotopic (exact) mass is 206 g/mol. The number of hydrogen-bond acceptors (Lipinski definition) is 3. The maximum absolute atomic E-state index is 11.6. The van der Waals surface area contributed by atoms with Gasteiger partial charge in [-0.15, -0.1) is 6.42 Å². The van der Waals surface area contributed by atoms with Crippen LogP contribution in [0.3, 0.4) is 0 Å². The molecule has 15 heavy (non-hydrogen) atoms. The summed E-state index contributed by atoms with van der Waals surface area (Å²) in [4.78, 5) is 11.6. The van der Waals surface area contributed by atoms with Gasteiger partial charge in [-0.3, -0.25) is 4.79 Å². The van der Waals surface area contributed by atoms with Crippen LogP contribution in [0.4, 0.5) is 0 Å². The molecule has 1 aromatic heterocycles. The highest BCUT2D eigenvalue weighted by Gasteiger charge is 2.14. The molecule has 0 spiro atoms. The van der Waals surface area contributed by atoms with Crippen molar-refractivity contribution >= 4 is 5.91 Å². The number of nitrogens with zero attached hydrogens (tertiary/aromatic N) is 1. The maximum atomic E-state index is 11.6. The molecule has 0 fully saturated rings. The Morgan fingerprint density at radius 1 is 1.80 bits per heavy atom. The van der Waals surface area contributed by atoms with Crippen molar-refractivity contribution in [2.75, 3.05) is 0 Å². The van der Waals surface area contributed by atoms with Crippen LogP contribution in [0.2, 0.25) is 0 Å². The second-order valence-corrected chi connectivity index (χ2v) is 3.30. The maximum Gasteiger partial charge on any atom is 0.274 e. The summed E-state index contributed by atoms with van der Waals surface area (Å²) in [5.41, 5.74) is 0.267. The zero-order valence-electron chi connectivity index (χ0n) is 8.91. The van der Waals surface area contributed by atoms with E-state index in [9.17, 15) is 4.79 Å². The summed E-state index contributed by atoms with van der Waals surface area (Å²) in [7, 11) is 0. The molecule has 1 N–H and O–H groups in total. The summed E-state index contributed by atoms with van der Waals surface area (Å²) in [5.74, 6) is 2.84. The Morgan fingerprint density at radius 3 is 3.00 bits per heavy atom. The Morgan fingerprint density at radius 2 is 2.53 bits per heavy atom. The lowest BCUT2D eigenvalue weighted by Crippen LogP contribution is -2.33. The molecule has 0 saturated heterocycles. The van der Waals surface area contributed by atoms with Crippen LogP contribution in [-0.2, 0) is 0 Å². The van der Waals surface area contributed by atoms with Crippen molar-refractivity contribution in [3.05, 3.63) is 17.5 Å². The molecule has 80 valence electrons. The summed E-state index contributed by atoms with van der Waals surface area (Å²) >= 11 is 0. The van der Waals surface area contributed by atoms with E-state index in [1.54, 1.807) is 13.0 Å². The van der Waals surface area contributed by atoms with Crippen molar-refractivity contribution in [1.29, 1.82) is 0 Å². The molecule has 0 aliphatic heterocycles. The zero-order valence-corrected chi connectivity index (χ0v) is 8.91. The predicted octanol–water partition coefficient (Wildman–Crippen LogP) is 1.51. The number of rotatable bonds is 4. The number of hydrogen-bond donors (Lipinski definition) is 1. The fraction of sp³-hybridized carbons (Fsp3) is 0.455. The van der Waals surface area contributed by atoms with Crippen LogP contribution in [-0.4, -0.2) is 17.1 Å². The minimum absolute atomic E-state index is 0.237. The topological polar surface area (TPSA) is 55.1 Å². The first kappa shape index (κ1) is 11.3. The van der Waals surface area contributed by atoms with E-state index in [0.29, 0.717) is 5.76 Å². The van der Waals surface area contributed by atoms with E-state index in [-0.39, 0.29) is 17.6 Å². The third-order valence-electron chi connectivity index (χ3n) is 1.94. The van der Waals surface area contributed by atoms with Gasteiger partial charge in [0, 0.05) is 6.07 Å². The van der Waals surface area contributed by atoms with Gasteiger partial charge in [0.2, 0.25) is 0 Å². The van der Waals surface area contributed by atoms with Crippen LogP contribution in [0.5, 0.6) is 0 Å². The molecule has 1 atom stereocenters. The molecule has 1 unspecified atom stereocenters. The quantitative estimate of drug-likeness (QED) is 0.760. The number of carbonyl (C=O) groups excluding carboxylic acids is 1. The van der Waals surface area contributed by atoms with Crippen molar-refractivity contribution in [2.45, 2.75) is 32.7 Å². The standard InChI is InChI=1S/C11H14N2O2/c1-4-6-9(5-2)12-11(14)10-7-8(3)15-13-10/h2,7,9H,4,6H2,1,3H3,(H,12,14). The van der Waals surface area contributed by atoms with Gasteiger partial charge < -0.3 is 9.84 Å². The van der Waals surface area contributed by atoms with E-state index in [0.717, 1.165) is 12.8 Å². The first-order valence-corrected chi connectivity index (χ1v) is 4.87. The Hall–Kier alpha value is -1.76. The first-order valence-electron chi connectivity index (χ1n) is 4.87. The van der Waals surface area contributed by atoms with Crippen LogP contribution in [0.15, 0.2) is 10.6 Å². The third-order valence-corrected chi connectivity index (χ3v) is 1.94. The minimum atomic E-state index is -0.289. The van der Waals surface area contributed by atoms with E-state index in [4.69, 9.17) is 10.9 Å². The number of aryl methyl sites for hydroxylation is 1. The van der Waals surface area contributed by atoms with Crippen molar-refractivity contribution < 1.29 is 9.32 Å². The summed E-state index contributed by atoms with van der Waals surface area (Å²) in [6.45, 7) is 3.74. The number of aromatic nitrogens is 1. The summed E-state index contributed by atoms with van der Waals surface area (Å²) in [5, 5.41) is 6.31. The predicted molar refractivity (Wildman–Crippen MR) is 56.2 cm³/mol. The number of amides is 1. The molecular weight excluding hydrogens is 192 g/mol. The number of carbonyl (C=O) groups is 1. The van der Waals surface area contributed by atoms with Crippen molar-refractivity contribution in [1.82, 2.24) is 10.5 Å². The Balaban J connectivity index is 2.59. The van der Waals surface area contributed by atoms with E-state index in [2.05, 4.69) is 16.4 Å². The summed E-state index contributed by atoms with van der Waals surface area (Å²) < 4.78 is 4.80. The van der Waals surface area contributed by atoms with Gasteiger partial charge in [0.15, 0.2) is 5.69 Å². The molecule has 0 radical (unpaired) electrons. The highest BCUT2D eigenvalue weighted by atomic mass is 16.5. The van der Waals surface area contributed by atoms with Crippen molar-refractivity contribution in [3.8, 4) is 12.3 Å². The minimum Gasteiger partial charge on any atom is -0.361 e. The molecule has 0 aromatic carbocycles. The number of terminal acetylenes is 1. The summed E-state index contributed by atoms with van der Waals surface area (Å²) in [6, 6.07) is 1.34. The fourth-order valence-electron chi connectivity index (χ4n) is 1.19. The van der Waals surface area contributed by atoms with E-state index in [1.165, 1.54) is 0 Å². The molecule has 0 aliphatic rings. The molecule has 1 amide bonds. The summed E-state index contributed by atoms with van der Waals surface area (Å²) in [6.07, 6.45) is 6.97. The first-order chi connectivity index (χ1) is 7.17. The number of nitrogens with one attached hydrogen (secondary N) is 1. The van der Waals surface area contributed by atoms with Crippen LogP contribution < -0.4 is 5.32 Å². The highest BCUT2D eigenvalue weighted by Crippen LogP contribution is 2.03. The van der Waals surface area contributed by atoms with Gasteiger partial charge in [0.05, 0.1) is 6.04 Å². The average molecular weight is 206 g/mol. The van der Waals surface area contributed by atoms with Gasteiger partial charge in [-0.2, -0.15) is 0 Å². The zero-order chi connectivity index (χ0) is 11.3. The molecule has 0 bridgehead atoms. The van der Waals surface area contributed by atoms with Crippen molar-refractivity contribution in [2.24, 2.45) is 0 Å². The molecule has 1 aromatic rings. The molecule has 0 aliphatic carbocycles. The third kappa shape index (κ3) is 3.13. The van der Waals surface area contributed by atoms with Crippen molar-refractivity contribution in [3.63, 3.8) is 0 Å². The molecule has 1 heterocycles. The van der Waals surface area contributed by atoms with E-state index >= 15 is 0 Å². The van der Waals surface area contributed by atoms with Gasteiger partial charge >= 0.3 is 0 Å². The molecule has 4 heteroatoms. The smallest absolute Gasteiger partial charge is 0.274 e. The Labute approximate surface area is 89.0 Å². The average Bonchev–Trinajstić information content (AvgIpc) is 2.64. The van der Waals surface area contributed by atoms with Gasteiger partial charge in [-0.05, 0) is 13.3 Å². The van der Waals surface area contributed by atoms with Crippen LogP contribution in [0.1, 0.15) is 36.0 Å². The van der Waals surface area contributed by atoms with Gasteiger partial charge in [0.1, 0.15) is 5.76 Å². The molecule has 4 nitrogen and oxygen atoms in total. The van der Waals surface area contributed by atoms with Gasteiger partial charge in [-0.1, -0.05) is 24.4 Å². The van der Waals surface area contributed by atoms with Gasteiger partial charge in [0.25, 0.3) is 5.91 Å². The lowest BCUT2D eigenvalue weighted by Gasteiger charge is -2.09. The highest BCUT2D eigenvalue weighted by molar-refractivity contribution is 5.92. The molecular formula is C11H14N2O2. The van der Waals surface area contributed by atoms with Crippen LogP contribution >= 0.6 is 0 Å². The van der Waals surface area contributed by atoms with E-state index in [1.807, 2.05) is 6.92 Å². The van der Waals surface area contributed by atoms with Crippen LogP contribution in [0, 0.1) is 19.3 Å².